The monoisotopic (exact) mass is 539 g/mol. The van der Waals surface area contributed by atoms with E-state index in [4.69, 9.17) is 25.8 Å². The number of amides is 2. The number of benzene rings is 2. The Morgan fingerprint density at radius 1 is 0.941 bits per heavy atom. The van der Waals surface area contributed by atoms with Crippen molar-refractivity contribution in [3.8, 4) is 17.1 Å². The Bertz CT molecular complexity index is 1330. The van der Waals surface area contributed by atoms with E-state index in [1.807, 2.05) is 24.3 Å². The van der Waals surface area contributed by atoms with Crippen LogP contribution < -0.4 is 20.7 Å². The molecule has 172 valence electrons. The highest BCUT2D eigenvalue weighted by atomic mass is 79.9. The number of carbonyl (C=O) groups is 2. The number of halogens is 1. The maximum absolute atomic E-state index is 12.6. The molecular weight excluding hydrogens is 522 g/mol. The van der Waals surface area contributed by atoms with Crippen molar-refractivity contribution in [1.82, 2.24) is 5.32 Å². The molecule has 8 nitrogen and oxygen atoms in total. The zero-order valence-electron chi connectivity index (χ0n) is 17.8. The average molecular weight is 540 g/mol. The SMILES string of the molecule is COc1ccc(NC(=O)c2ccco2)cc1NC(=S)NC(=O)c1ccc(-c2ccc(Br)cc2)o1. The van der Waals surface area contributed by atoms with Gasteiger partial charge in [0.25, 0.3) is 11.8 Å². The van der Waals surface area contributed by atoms with E-state index in [0.717, 1.165) is 10.0 Å². The van der Waals surface area contributed by atoms with E-state index < -0.39 is 11.8 Å². The lowest BCUT2D eigenvalue weighted by Gasteiger charge is -2.14. The number of methoxy groups -OCH3 is 1. The molecule has 0 saturated carbocycles. The molecule has 0 fully saturated rings. The van der Waals surface area contributed by atoms with Gasteiger partial charge in [0, 0.05) is 15.7 Å². The van der Waals surface area contributed by atoms with Crippen LogP contribution in [-0.4, -0.2) is 24.0 Å². The molecule has 0 saturated heterocycles. The van der Waals surface area contributed by atoms with Gasteiger partial charge in [0.1, 0.15) is 11.5 Å². The van der Waals surface area contributed by atoms with Gasteiger partial charge in [0.15, 0.2) is 16.6 Å². The highest BCUT2D eigenvalue weighted by Crippen LogP contribution is 2.28. The van der Waals surface area contributed by atoms with Gasteiger partial charge in [0.05, 0.1) is 19.1 Å². The molecule has 0 radical (unpaired) electrons. The lowest BCUT2D eigenvalue weighted by Crippen LogP contribution is -2.34. The number of furan rings is 2. The van der Waals surface area contributed by atoms with Gasteiger partial charge in [0.2, 0.25) is 0 Å². The smallest absolute Gasteiger partial charge is 0.293 e. The van der Waals surface area contributed by atoms with E-state index in [9.17, 15) is 9.59 Å². The van der Waals surface area contributed by atoms with Crippen molar-refractivity contribution in [2.24, 2.45) is 0 Å². The van der Waals surface area contributed by atoms with Crippen LogP contribution in [0.5, 0.6) is 5.75 Å². The number of nitrogens with one attached hydrogen (secondary N) is 3. The predicted molar refractivity (Wildman–Crippen MR) is 135 cm³/mol. The van der Waals surface area contributed by atoms with Gasteiger partial charge < -0.3 is 24.2 Å². The van der Waals surface area contributed by atoms with Crippen LogP contribution in [-0.2, 0) is 0 Å². The Morgan fingerprint density at radius 2 is 1.74 bits per heavy atom. The Kier molecular flexibility index (Phi) is 7.09. The molecule has 0 aliphatic carbocycles. The molecule has 3 N–H and O–H groups in total. The molecule has 2 aromatic carbocycles. The zero-order chi connectivity index (χ0) is 24.1. The fourth-order valence-electron chi connectivity index (χ4n) is 3.03. The van der Waals surface area contributed by atoms with Crippen molar-refractivity contribution in [2.75, 3.05) is 17.7 Å². The highest BCUT2D eigenvalue weighted by Gasteiger charge is 2.16. The molecule has 34 heavy (non-hydrogen) atoms. The number of thiocarbonyl (C=S) groups is 1. The topological polar surface area (TPSA) is 106 Å². The van der Waals surface area contributed by atoms with Crippen molar-refractivity contribution >= 4 is 56.4 Å². The van der Waals surface area contributed by atoms with Crippen molar-refractivity contribution in [2.45, 2.75) is 0 Å². The number of anilines is 2. The lowest BCUT2D eigenvalue weighted by atomic mass is 10.2. The summed E-state index contributed by atoms with van der Waals surface area (Å²) < 4.78 is 17.0. The van der Waals surface area contributed by atoms with Crippen molar-refractivity contribution < 1.29 is 23.2 Å². The molecule has 2 heterocycles. The zero-order valence-corrected chi connectivity index (χ0v) is 20.2. The van der Waals surface area contributed by atoms with Gasteiger partial charge in [-0.2, -0.15) is 0 Å². The van der Waals surface area contributed by atoms with Gasteiger partial charge in [-0.3, -0.25) is 14.9 Å². The minimum atomic E-state index is -0.512. The molecule has 0 aliphatic rings. The summed E-state index contributed by atoms with van der Waals surface area (Å²) in [6, 6.07) is 18.9. The van der Waals surface area contributed by atoms with Gasteiger partial charge >= 0.3 is 0 Å². The summed E-state index contributed by atoms with van der Waals surface area (Å²) in [6.45, 7) is 0. The van der Waals surface area contributed by atoms with Crippen LogP contribution in [0.3, 0.4) is 0 Å². The van der Waals surface area contributed by atoms with E-state index in [-0.39, 0.29) is 16.6 Å². The summed E-state index contributed by atoms with van der Waals surface area (Å²) in [5, 5.41) is 8.23. The molecule has 2 amide bonds. The van der Waals surface area contributed by atoms with Crippen LogP contribution in [0, 0.1) is 0 Å². The quantitative estimate of drug-likeness (QED) is 0.270. The molecule has 0 bridgehead atoms. The Balaban J connectivity index is 1.42. The number of hydrogen-bond donors (Lipinski definition) is 3. The molecule has 4 aromatic rings. The van der Waals surface area contributed by atoms with Crippen LogP contribution in [0.4, 0.5) is 11.4 Å². The first-order valence-electron chi connectivity index (χ1n) is 9.94. The van der Waals surface area contributed by atoms with E-state index in [0.29, 0.717) is 22.9 Å². The summed E-state index contributed by atoms with van der Waals surface area (Å²) >= 11 is 8.67. The van der Waals surface area contributed by atoms with E-state index in [2.05, 4.69) is 31.9 Å². The number of hydrogen-bond acceptors (Lipinski definition) is 6. The van der Waals surface area contributed by atoms with Crippen molar-refractivity contribution in [1.29, 1.82) is 0 Å². The fourth-order valence-corrected chi connectivity index (χ4v) is 3.50. The van der Waals surface area contributed by atoms with Crippen LogP contribution in [0.1, 0.15) is 21.1 Å². The maximum Gasteiger partial charge on any atom is 0.293 e. The largest absolute Gasteiger partial charge is 0.495 e. The minimum Gasteiger partial charge on any atom is -0.495 e. The molecular formula is C24H18BrN3O5S. The second-order valence-electron chi connectivity index (χ2n) is 6.93. The van der Waals surface area contributed by atoms with Crippen LogP contribution >= 0.6 is 28.1 Å². The highest BCUT2D eigenvalue weighted by molar-refractivity contribution is 9.10. The summed E-state index contributed by atoms with van der Waals surface area (Å²) in [5.74, 6) is 0.377. The second kappa shape index (κ2) is 10.4. The summed E-state index contributed by atoms with van der Waals surface area (Å²) in [7, 11) is 1.50. The second-order valence-corrected chi connectivity index (χ2v) is 8.25. The summed E-state index contributed by atoms with van der Waals surface area (Å²) in [6.07, 6.45) is 1.41. The van der Waals surface area contributed by atoms with Crippen molar-refractivity contribution in [3.05, 3.63) is 89.0 Å². The van der Waals surface area contributed by atoms with Gasteiger partial charge in [-0.05, 0) is 66.8 Å². The maximum atomic E-state index is 12.6. The molecule has 0 spiro atoms. The average Bonchev–Trinajstić information content (AvgIpc) is 3.52. The lowest BCUT2D eigenvalue weighted by molar-refractivity contribution is 0.0950. The summed E-state index contributed by atoms with van der Waals surface area (Å²) in [5.41, 5.74) is 1.75. The standard InChI is InChI=1S/C24H18BrN3O5S/c1-31-19-9-8-16(26-22(29)20-3-2-12-32-20)13-17(19)27-24(34)28-23(30)21-11-10-18(33-21)14-4-6-15(25)7-5-14/h2-13H,1H3,(H,26,29)(H2,27,28,30,34). The molecule has 0 atom stereocenters. The minimum absolute atomic E-state index is 0.0272. The van der Waals surface area contributed by atoms with Crippen LogP contribution in [0.2, 0.25) is 0 Å². The Labute approximate surface area is 208 Å². The van der Waals surface area contributed by atoms with Gasteiger partial charge in [-0.1, -0.05) is 28.1 Å². The predicted octanol–water partition coefficient (Wildman–Crippen LogP) is 5.69. The third-order valence-electron chi connectivity index (χ3n) is 4.64. The normalized spacial score (nSPS) is 10.4. The third-order valence-corrected chi connectivity index (χ3v) is 5.37. The molecule has 10 heteroatoms. The van der Waals surface area contributed by atoms with Gasteiger partial charge in [-0.25, -0.2) is 0 Å². The van der Waals surface area contributed by atoms with Gasteiger partial charge in [-0.15, -0.1) is 0 Å². The Morgan fingerprint density at radius 3 is 2.44 bits per heavy atom. The van der Waals surface area contributed by atoms with Crippen LogP contribution in [0.15, 0.2) is 86.3 Å². The number of rotatable bonds is 6. The summed E-state index contributed by atoms with van der Waals surface area (Å²) in [4.78, 5) is 24.8. The van der Waals surface area contributed by atoms with E-state index in [1.54, 1.807) is 42.5 Å². The van der Waals surface area contributed by atoms with E-state index in [1.165, 1.54) is 13.4 Å². The van der Waals surface area contributed by atoms with Crippen LogP contribution in [0.25, 0.3) is 11.3 Å². The first-order chi connectivity index (χ1) is 16.4. The molecule has 2 aromatic heterocycles. The molecule has 4 rings (SSSR count). The Hall–Kier alpha value is -3.89. The molecule has 0 unspecified atom stereocenters. The number of carbonyl (C=O) groups excluding carboxylic acids is 2. The first-order valence-corrected chi connectivity index (χ1v) is 11.1. The molecule has 0 aliphatic heterocycles. The third kappa shape index (κ3) is 5.53. The number of ether oxygens (including phenoxy) is 1. The van der Waals surface area contributed by atoms with E-state index >= 15 is 0 Å². The van der Waals surface area contributed by atoms with Crippen molar-refractivity contribution in [3.63, 3.8) is 0 Å². The first kappa shape index (κ1) is 23.3. The fraction of sp³-hybridized carbons (Fsp3) is 0.0417.